The van der Waals surface area contributed by atoms with Crippen molar-refractivity contribution in [1.82, 2.24) is 9.78 Å². The minimum absolute atomic E-state index is 0.0244. The number of aromatic nitrogens is 2. The minimum atomic E-state index is -3.77. The first-order valence-electron chi connectivity index (χ1n) is 4.91. The van der Waals surface area contributed by atoms with Crippen LogP contribution in [-0.2, 0) is 20.4 Å². The first kappa shape index (κ1) is 13.5. The Morgan fingerprint density at radius 3 is 2.69 bits per heavy atom. The van der Waals surface area contributed by atoms with Gasteiger partial charge in [0.1, 0.15) is 4.90 Å². The van der Waals surface area contributed by atoms with Crippen LogP contribution in [0.3, 0.4) is 0 Å². The van der Waals surface area contributed by atoms with Crippen molar-refractivity contribution in [3.63, 3.8) is 0 Å². The molecule has 0 N–H and O–H groups in total. The number of ether oxygens (including phenoxy) is 1. The number of rotatable bonds is 5. The lowest BCUT2D eigenvalue weighted by atomic mass is 10.2. The minimum Gasteiger partial charge on any atom is -0.378 e. The summed E-state index contributed by atoms with van der Waals surface area (Å²) in [7, 11) is 3.05. The van der Waals surface area contributed by atoms with E-state index in [1.165, 1.54) is 13.3 Å². The number of nitrogens with zero attached hydrogens (tertiary/aromatic N) is 2. The third-order valence-corrected chi connectivity index (χ3v) is 3.78. The van der Waals surface area contributed by atoms with Gasteiger partial charge in [-0.15, -0.1) is 0 Å². The Kier molecular flexibility index (Phi) is 4.35. The second-order valence-corrected chi connectivity index (χ2v) is 6.06. The SMILES string of the molecule is CC[C@@H](C)n1ncc(S(=O)(=O)Cl)c1COC. The van der Waals surface area contributed by atoms with Gasteiger partial charge in [0.05, 0.1) is 18.5 Å². The normalized spacial score (nSPS) is 14.0. The van der Waals surface area contributed by atoms with Gasteiger partial charge < -0.3 is 4.74 Å². The summed E-state index contributed by atoms with van der Waals surface area (Å²) in [5.41, 5.74) is 0.492. The van der Waals surface area contributed by atoms with E-state index in [1.807, 2.05) is 13.8 Å². The molecular formula is C9H15ClN2O3S. The highest BCUT2D eigenvalue weighted by Crippen LogP contribution is 2.23. The molecule has 0 bridgehead atoms. The molecule has 0 saturated carbocycles. The molecule has 0 spiro atoms. The van der Waals surface area contributed by atoms with Crippen LogP contribution in [0, 0.1) is 0 Å². The first-order valence-corrected chi connectivity index (χ1v) is 7.22. The smallest absolute Gasteiger partial charge is 0.264 e. The number of methoxy groups -OCH3 is 1. The maximum Gasteiger partial charge on any atom is 0.264 e. The quantitative estimate of drug-likeness (QED) is 0.764. The summed E-state index contributed by atoms with van der Waals surface area (Å²) in [6.07, 6.45) is 2.11. The van der Waals surface area contributed by atoms with E-state index in [0.717, 1.165) is 6.42 Å². The Morgan fingerprint density at radius 2 is 2.25 bits per heavy atom. The molecule has 0 fully saturated rings. The maximum atomic E-state index is 11.3. The molecule has 0 aliphatic rings. The van der Waals surface area contributed by atoms with Gasteiger partial charge in [0.15, 0.2) is 0 Å². The lowest BCUT2D eigenvalue weighted by molar-refractivity contribution is 0.172. The zero-order chi connectivity index (χ0) is 12.3. The van der Waals surface area contributed by atoms with E-state index >= 15 is 0 Å². The zero-order valence-electron chi connectivity index (χ0n) is 9.47. The highest BCUT2D eigenvalue weighted by atomic mass is 35.7. The predicted molar refractivity (Wildman–Crippen MR) is 61.0 cm³/mol. The molecule has 16 heavy (non-hydrogen) atoms. The molecule has 0 radical (unpaired) electrons. The molecule has 1 aromatic heterocycles. The fourth-order valence-electron chi connectivity index (χ4n) is 1.40. The van der Waals surface area contributed by atoms with Crippen LogP contribution in [0.25, 0.3) is 0 Å². The van der Waals surface area contributed by atoms with Crippen LogP contribution in [0.5, 0.6) is 0 Å². The van der Waals surface area contributed by atoms with E-state index in [-0.39, 0.29) is 17.5 Å². The van der Waals surface area contributed by atoms with Crippen LogP contribution in [0.15, 0.2) is 11.1 Å². The Morgan fingerprint density at radius 1 is 1.62 bits per heavy atom. The molecule has 0 aliphatic carbocycles. The van der Waals surface area contributed by atoms with E-state index in [9.17, 15) is 8.42 Å². The van der Waals surface area contributed by atoms with Gasteiger partial charge in [-0.25, -0.2) is 8.42 Å². The average molecular weight is 267 g/mol. The largest absolute Gasteiger partial charge is 0.378 e. The molecule has 1 rings (SSSR count). The summed E-state index contributed by atoms with van der Waals surface area (Å²) in [4.78, 5) is 0.0244. The van der Waals surface area contributed by atoms with Crippen LogP contribution in [0.4, 0.5) is 0 Å². The van der Waals surface area contributed by atoms with Gasteiger partial charge in [0.2, 0.25) is 0 Å². The lowest BCUT2D eigenvalue weighted by Crippen LogP contribution is -2.11. The van der Waals surface area contributed by atoms with Crippen LogP contribution >= 0.6 is 10.7 Å². The molecule has 0 aliphatic heterocycles. The van der Waals surface area contributed by atoms with Gasteiger partial charge in [-0.1, -0.05) is 6.92 Å². The van der Waals surface area contributed by atoms with Gasteiger partial charge in [-0.3, -0.25) is 4.68 Å². The van der Waals surface area contributed by atoms with E-state index in [4.69, 9.17) is 15.4 Å². The fourth-order valence-corrected chi connectivity index (χ4v) is 2.40. The highest BCUT2D eigenvalue weighted by molar-refractivity contribution is 8.13. The van der Waals surface area contributed by atoms with Crippen molar-refractivity contribution in [2.75, 3.05) is 7.11 Å². The standard InChI is InChI=1S/C9H15ClN2O3S/c1-4-7(2)12-8(6-15-3)9(5-11-12)16(10,13)14/h5,7H,4,6H2,1-3H3/t7-/m1/s1. The van der Waals surface area contributed by atoms with Gasteiger partial charge in [-0.2, -0.15) is 5.10 Å². The summed E-state index contributed by atoms with van der Waals surface area (Å²) >= 11 is 0. The molecule has 1 heterocycles. The van der Waals surface area contributed by atoms with Crippen molar-refractivity contribution in [2.45, 2.75) is 37.8 Å². The Hall–Kier alpha value is -0.590. The molecular weight excluding hydrogens is 252 g/mol. The van der Waals surface area contributed by atoms with Gasteiger partial charge in [0, 0.05) is 23.8 Å². The highest BCUT2D eigenvalue weighted by Gasteiger charge is 2.22. The number of hydrogen-bond donors (Lipinski definition) is 0. The van der Waals surface area contributed by atoms with Gasteiger partial charge in [0.25, 0.3) is 9.05 Å². The number of hydrogen-bond acceptors (Lipinski definition) is 4. The Balaban J connectivity index is 3.27. The molecule has 0 saturated heterocycles. The molecule has 92 valence electrons. The second-order valence-electron chi connectivity index (χ2n) is 3.53. The Labute approximate surface area is 99.8 Å². The van der Waals surface area contributed by atoms with Gasteiger partial charge >= 0.3 is 0 Å². The molecule has 0 amide bonds. The monoisotopic (exact) mass is 266 g/mol. The van der Waals surface area contributed by atoms with Crippen molar-refractivity contribution in [3.8, 4) is 0 Å². The molecule has 0 unspecified atom stereocenters. The van der Waals surface area contributed by atoms with Crippen molar-refractivity contribution >= 4 is 19.7 Å². The lowest BCUT2D eigenvalue weighted by Gasteiger charge is -2.13. The second kappa shape index (κ2) is 5.16. The zero-order valence-corrected chi connectivity index (χ0v) is 11.0. The summed E-state index contributed by atoms with van der Waals surface area (Å²) < 4.78 is 29.2. The first-order chi connectivity index (χ1) is 7.41. The number of halogens is 1. The van der Waals surface area contributed by atoms with Crippen molar-refractivity contribution < 1.29 is 13.2 Å². The maximum absolute atomic E-state index is 11.3. The van der Waals surface area contributed by atoms with Crippen LogP contribution in [0.1, 0.15) is 32.0 Å². The Bertz CT molecular complexity index is 455. The van der Waals surface area contributed by atoms with Crippen LogP contribution < -0.4 is 0 Å². The fraction of sp³-hybridized carbons (Fsp3) is 0.667. The van der Waals surface area contributed by atoms with Crippen molar-refractivity contribution in [1.29, 1.82) is 0 Å². The van der Waals surface area contributed by atoms with Crippen molar-refractivity contribution in [2.24, 2.45) is 0 Å². The average Bonchev–Trinajstić information content (AvgIpc) is 2.60. The molecule has 5 nitrogen and oxygen atoms in total. The van der Waals surface area contributed by atoms with Crippen molar-refractivity contribution in [3.05, 3.63) is 11.9 Å². The third kappa shape index (κ3) is 2.75. The summed E-state index contributed by atoms with van der Waals surface area (Å²) in [5, 5.41) is 4.05. The molecule has 1 atom stereocenters. The van der Waals surface area contributed by atoms with Crippen LogP contribution in [0.2, 0.25) is 0 Å². The van der Waals surface area contributed by atoms with Crippen LogP contribution in [-0.4, -0.2) is 25.3 Å². The molecule has 7 heteroatoms. The van der Waals surface area contributed by atoms with E-state index in [2.05, 4.69) is 5.10 Å². The van der Waals surface area contributed by atoms with E-state index in [1.54, 1.807) is 4.68 Å². The summed E-state index contributed by atoms with van der Waals surface area (Å²) in [6, 6.07) is 0.109. The third-order valence-electron chi connectivity index (χ3n) is 2.41. The van der Waals surface area contributed by atoms with E-state index < -0.39 is 9.05 Å². The topological polar surface area (TPSA) is 61.2 Å². The molecule has 1 aromatic rings. The molecule has 0 aromatic carbocycles. The predicted octanol–water partition coefficient (Wildman–Crippen LogP) is 1.93. The summed E-state index contributed by atoms with van der Waals surface area (Å²) in [5.74, 6) is 0. The van der Waals surface area contributed by atoms with Gasteiger partial charge in [-0.05, 0) is 13.3 Å². The summed E-state index contributed by atoms with van der Waals surface area (Å²) in [6.45, 7) is 4.13. The van der Waals surface area contributed by atoms with E-state index in [0.29, 0.717) is 5.69 Å².